The van der Waals surface area contributed by atoms with Crippen molar-refractivity contribution in [1.29, 1.82) is 0 Å². The molecule has 2 saturated heterocycles. The number of nitrogens with one attached hydrogen (secondary N) is 1. The number of aromatic nitrogens is 1. The Labute approximate surface area is 177 Å². The van der Waals surface area contributed by atoms with Crippen LogP contribution in [0.15, 0.2) is 18.3 Å². The first-order chi connectivity index (χ1) is 14.5. The number of rotatable bonds is 4. The van der Waals surface area contributed by atoms with E-state index in [1.165, 1.54) is 0 Å². The molecule has 0 radical (unpaired) electrons. The molecule has 7 heteroatoms. The van der Waals surface area contributed by atoms with Crippen LogP contribution in [-0.4, -0.2) is 58.6 Å². The van der Waals surface area contributed by atoms with Crippen molar-refractivity contribution in [2.24, 2.45) is 11.3 Å². The maximum atomic E-state index is 13.5. The third-order valence-electron chi connectivity index (χ3n) is 7.52. The van der Waals surface area contributed by atoms with Gasteiger partial charge in [0.05, 0.1) is 23.4 Å². The smallest absolute Gasteiger partial charge is 0.230 e. The minimum Gasteiger partial charge on any atom is -0.393 e. The van der Waals surface area contributed by atoms with Crippen molar-refractivity contribution in [2.75, 3.05) is 29.9 Å². The van der Waals surface area contributed by atoms with Crippen molar-refractivity contribution >= 4 is 23.3 Å². The van der Waals surface area contributed by atoms with Crippen LogP contribution in [0.25, 0.3) is 0 Å². The van der Waals surface area contributed by atoms with Gasteiger partial charge in [0.25, 0.3) is 0 Å². The summed E-state index contributed by atoms with van der Waals surface area (Å²) in [6.45, 7) is 2.47. The summed E-state index contributed by atoms with van der Waals surface area (Å²) < 4.78 is 0. The van der Waals surface area contributed by atoms with Crippen LogP contribution < -0.4 is 10.2 Å². The van der Waals surface area contributed by atoms with Gasteiger partial charge in [-0.2, -0.15) is 0 Å². The van der Waals surface area contributed by atoms with E-state index in [2.05, 4.69) is 20.1 Å². The third-order valence-corrected chi connectivity index (χ3v) is 7.52. The summed E-state index contributed by atoms with van der Waals surface area (Å²) in [5, 5.41) is 12.7. The summed E-state index contributed by atoms with van der Waals surface area (Å²) in [5.74, 6) is 1.45. The minimum atomic E-state index is -0.297. The molecule has 2 amide bonds. The molecule has 5 rings (SSSR count). The molecular weight excluding hydrogens is 380 g/mol. The fourth-order valence-electron chi connectivity index (χ4n) is 5.51. The lowest BCUT2D eigenvalue weighted by Gasteiger charge is -2.41. The molecule has 2 saturated carbocycles. The van der Waals surface area contributed by atoms with E-state index in [-0.39, 0.29) is 23.3 Å². The Morgan fingerprint density at radius 3 is 2.60 bits per heavy atom. The lowest BCUT2D eigenvalue weighted by atomic mass is 9.78. The molecule has 0 unspecified atom stereocenters. The monoisotopic (exact) mass is 412 g/mol. The molecule has 2 N–H and O–H groups in total. The van der Waals surface area contributed by atoms with Gasteiger partial charge in [0.1, 0.15) is 5.82 Å². The van der Waals surface area contributed by atoms with Crippen LogP contribution in [-0.2, 0) is 9.59 Å². The Kier molecular flexibility index (Phi) is 5.17. The van der Waals surface area contributed by atoms with Gasteiger partial charge in [-0.05, 0) is 69.9 Å². The molecule has 1 aromatic heterocycles. The van der Waals surface area contributed by atoms with Gasteiger partial charge in [0.2, 0.25) is 11.8 Å². The lowest BCUT2D eigenvalue weighted by molar-refractivity contribution is -0.139. The molecule has 7 nitrogen and oxygen atoms in total. The number of carbonyl (C=O) groups is 2. The van der Waals surface area contributed by atoms with E-state index < -0.39 is 0 Å². The number of hydrogen-bond donors (Lipinski definition) is 2. The Balaban J connectivity index is 1.24. The molecule has 162 valence electrons. The highest BCUT2D eigenvalue weighted by atomic mass is 16.3. The maximum absolute atomic E-state index is 13.5. The van der Waals surface area contributed by atoms with Gasteiger partial charge in [0.15, 0.2) is 0 Å². The summed E-state index contributed by atoms with van der Waals surface area (Å²) in [6.07, 6.45) is 9.81. The summed E-state index contributed by atoms with van der Waals surface area (Å²) in [7, 11) is 0. The highest BCUT2D eigenvalue weighted by Crippen LogP contribution is 2.43. The number of hydrogen-bond acceptors (Lipinski definition) is 5. The zero-order valence-corrected chi connectivity index (χ0v) is 17.6. The van der Waals surface area contributed by atoms with E-state index in [4.69, 9.17) is 0 Å². The molecule has 4 aliphatic rings. The fraction of sp³-hybridized carbons (Fsp3) is 0.696. The molecule has 4 fully saturated rings. The summed E-state index contributed by atoms with van der Waals surface area (Å²) >= 11 is 0. The summed E-state index contributed by atoms with van der Waals surface area (Å²) in [5.41, 5.74) is 0.444. The third kappa shape index (κ3) is 3.80. The summed E-state index contributed by atoms with van der Waals surface area (Å²) in [6, 6.07) is 4.17. The molecule has 30 heavy (non-hydrogen) atoms. The zero-order chi connectivity index (χ0) is 20.7. The van der Waals surface area contributed by atoms with Gasteiger partial charge in [-0.3, -0.25) is 9.59 Å². The first kappa shape index (κ1) is 19.8. The van der Waals surface area contributed by atoms with Gasteiger partial charge < -0.3 is 20.2 Å². The first-order valence-corrected chi connectivity index (χ1v) is 11.6. The quantitative estimate of drug-likeness (QED) is 0.794. The number of likely N-dealkylation sites (tertiary alicyclic amines) is 1. The second-order valence-electron chi connectivity index (χ2n) is 9.68. The Morgan fingerprint density at radius 1 is 1.10 bits per heavy atom. The van der Waals surface area contributed by atoms with Crippen LogP contribution in [0.4, 0.5) is 11.5 Å². The predicted molar refractivity (Wildman–Crippen MR) is 114 cm³/mol. The molecule has 0 bridgehead atoms. The second kappa shape index (κ2) is 7.84. The van der Waals surface area contributed by atoms with Crippen molar-refractivity contribution in [3.8, 4) is 0 Å². The summed E-state index contributed by atoms with van der Waals surface area (Å²) in [4.78, 5) is 34.3. The normalized spacial score (nSPS) is 32.0. The van der Waals surface area contributed by atoms with Crippen molar-refractivity contribution in [3.63, 3.8) is 0 Å². The van der Waals surface area contributed by atoms with Crippen LogP contribution in [0.1, 0.15) is 57.8 Å². The highest BCUT2D eigenvalue weighted by molar-refractivity contribution is 5.94. The molecule has 1 aromatic rings. The van der Waals surface area contributed by atoms with Gasteiger partial charge >= 0.3 is 0 Å². The van der Waals surface area contributed by atoms with Crippen molar-refractivity contribution < 1.29 is 14.7 Å². The van der Waals surface area contributed by atoms with Crippen LogP contribution in [0.2, 0.25) is 0 Å². The molecule has 2 aliphatic heterocycles. The van der Waals surface area contributed by atoms with Crippen LogP contribution in [0.3, 0.4) is 0 Å². The molecular formula is C23H32N4O3. The van der Waals surface area contributed by atoms with Gasteiger partial charge in [-0.25, -0.2) is 4.98 Å². The number of carbonyl (C=O) groups excluding carboxylic acids is 2. The highest BCUT2D eigenvalue weighted by Gasteiger charge is 2.50. The SMILES string of the molecule is O=C(Nc1ccc(N2CCC[C@]3(CCN(C4CCC(O)CC4)C3=O)C2)nc1)C1CC1. The first-order valence-electron chi connectivity index (χ1n) is 11.6. The Hall–Kier alpha value is -2.15. The van der Waals surface area contributed by atoms with E-state index in [1.807, 2.05) is 12.1 Å². The van der Waals surface area contributed by atoms with E-state index >= 15 is 0 Å². The molecule has 3 heterocycles. The molecule has 1 spiro atoms. The number of aliphatic hydroxyl groups is 1. The Bertz CT molecular complexity index is 801. The van der Waals surface area contributed by atoms with Gasteiger partial charge in [-0.1, -0.05) is 0 Å². The number of piperidine rings is 1. The Morgan fingerprint density at radius 2 is 1.90 bits per heavy atom. The van der Waals surface area contributed by atoms with Gasteiger partial charge in [-0.15, -0.1) is 0 Å². The maximum Gasteiger partial charge on any atom is 0.230 e. The van der Waals surface area contributed by atoms with E-state index in [0.717, 1.165) is 88.9 Å². The molecule has 1 atom stereocenters. The van der Waals surface area contributed by atoms with E-state index in [9.17, 15) is 14.7 Å². The van der Waals surface area contributed by atoms with Gasteiger partial charge in [0, 0.05) is 31.6 Å². The van der Waals surface area contributed by atoms with Crippen molar-refractivity contribution in [3.05, 3.63) is 18.3 Å². The predicted octanol–water partition coefficient (Wildman–Crippen LogP) is 2.55. The van der Waals surface area contributed by atoms with Crippen molar-refractivity contribution in [2.45, 2.75) is 69.9 Å². The van der Waals surface area contributed by atoms with E-state index in [0.29, 0.717) is 11.9 Å². The zero-order valence-electron chi connectivity index (χ0n) is 17.6. The van der Waals surface area contributed by atoms with E-state index in [1.54, 1.807) is 6.20 Å². The molecule has 2 aliphatic carbocycles. The number of pyridine rings is 1. The van der Waals surface area contributed by atoms with Crippen LogP contribution in [0, 0.1) is 11.3 Å². The number of amides is 2. The fourth-order valence-corrected chi connectivity index (χ4v) is 5.51. The molecule has 0 aromatic carbocycles. The van der Waals surface area contributed by atoms with Crippen LogP contribution >= 0.6 is 0 Å². The number of nitrogens with zero attached hydrogens (tertiary/aromatic N) is 3. The minimum absolute atomic E-state index is 0.0911. The largest absolute Gasteiger partial charge is 0.393 e. The second-order valence-corrected chi connectivity index (χ2v) is 9.68. The van der Waals surface area contributed by atoms with Crippen LogP contribution in [0.5, 0.6) is 0 Å². The average Bonchev–Trinajstić information content (AvgIpc) is 3.57. The van der Waals surface area contributed by atoms with Crippen molar-refractivity contribution in [1.82, 2.24) is 9.88 Å². The average molecular weight is 413 g/mol. The number of aliphatic hydroxyl groups excluding tert-OH is 1. The standard InChI is InChI=1S/C23H32N4O3/c28-19-7-5-18(6-8-19)27-13-11-23(22(27)30)10-1-12-26(15-23)20-9-4-17(14-24-20)25-21(29)16-2-3-16/h4,9,14,16,18-19,28H,1-3,5-8,10-13,15H2,(H,25,29)/t18?,19?,23-/m0/s1. The topological polar surface area (TPSA) is 85.8 Å². The number of anilines is 2. The lowest BCUT2D eigenvalue weighted by Crippen LogP contribution is -2.50.